The van der Waals surface area contributed by atoms with Crippen molar-refractivity contribution in [1.29, 1.82) is 0 Å². The zero-order chi connectivity index (χ0) is 18.6. The van der Waals surface area contributed by atoms with Crippen molar-refractivity contribution in [2.24, 2.45) is 0 Å². The molecule has 0 bridgehead atoms. The lowest BCUT2D eigenvalue weighted by Crippen LogP contribution is -2.34. The third-order valence-corrected chi connectivity index (χ3v) is 4.73. The summed E-state index contributed by atoms with van der Waals surface area (Å²) in [7, 11) is 0. The molecule has 132 valence electrons. The summed E-state index contributed by atoms with van der Waals surface area (Å²) in [5.41, 5.74) is 3.21. The van der Waals surface area contributed by atoms with Crippen LogP contribution in [0.3, 0.4) is 0 Å². The van der Waals surface area contributed by atoms with Gasteiger partial charge in [-0.15, -0.1) is 0 Å². The molecule has 0 saturated heterocycles. The molecule has 1 heterocycles. The molecule has 1 aromatic carbocycles. The molecule has 0 aliphatic carbocycles. The van der Waals surface area contributed by atoms with Crippen LogP contribution >= 0.6 is 23.6 Å². The van der Waals surface area contributed by atoms with E-state index in [0.717, 1.165) is 22.5 Å². The molecule has 8 heteroatoms. The summed E-state index contributed by atoms with van der Waals surface area (Å²) in [6.07, 6.45) is 0. The molecule has 6 nitrogen and oxygen atoms in total. The number of hydrogen-bond acceptors (Lipinski definition) is 6. The Balaban J connectivity index is 2.02. The smallest absolute Gasteiger partial charge is 0.350 e. The zero-order valence-corrected chi connectivity index (χ0v) is 16.1. The number of carbonyl (C=O) groups is 2. The lowest BCUT2D eigenvalue weighted by atomic mass is 10.1. The fourth-order valence-corrected chi connectivity index (χ4v) is 3.14. The SMILES string of the molecule is CCOC(=O)c1sc(NC(=S)NC(=O)c2ccc(C)c(C)c2)nc1C. The minimum absolute atomic E-state index is 0.118. The van der Waals surface area contributed by atoms with Crippen LogP contribution in [0, 0.1) is 20.8 Å². The van der Waals surface area contributed by atoms with Gasteiger partial charge in [0.05, 0.1) is 12.3 Å². The molecule has 1 aromatic heterocycles. The second-order valence-electron chi connectivity index (χ2n) is 5.36. The van der Waals surface area contributed by atoms with E-state index < -0.39 is 5.97 Å². The Labute approximate surface area is 155 Å². The predicted molar refractivity (Wildman–Crippen MR) is 102 cm³/mol. The Bertz CT molecular complexity index is 831. The molecule has 2 aromatic rings. The molecule has 0 fully saturated rings. The largest absolute Gasteiger partial charge is 0.462 e. The molecule has 25 heavy (non-hydrogen) atoms. The second-order valence-corrected chi connectivity index (χ2v) is 6.77. The first kappa shape index (κ1) is 19.0. The van der Waals surface area contributed by atoms with Gasteiger partial charge in [0.1, 0.15) is 4.88 Å². The molecule has 0 unspecified atom stereocenters. The number of nitrogens with zero attached hydrogens (tertiary/aromatic N) is 1. The zero-order valence-electron chi connectivity index (χ0n) is 14.4. The number of rotatable bonds is 4. The van der Waals surface area contributed by atoms with E-state index in [1.54, 1.807) is 26.0 Å². The number of thiazole rings is 1. The van der Waals surface area contributed by atoms with Crippen LogP contribution in [-0.4, -0.2) is 28.6 Å². The van der Waals surface area contributed by atoms with Gasteiger partial charge in [-0.3, -0.25) is 10.1 Å². The van der Waals surface area contributed by atoms with Crippen LogP contribution < -0.4 is 10.6 Å². The first-order valence-electron chi connectivity index (χ1n) is 7.66. The van der Waals surface area contributed by atoms with Gasteiger partial charge in [0.15, 0.2) is 10.2 Å². The number of aryl methyl sites for hydroxylation is 3. The number of hydrogen-bond donors (Lipinski definition) is 2. The van der Waals surface area contributed by atoms with Crippen molar-refractivity contribution >= 4 is 45.7 Å². The van der Waals surface area contributed by atoms with Crippen molar-refractivity contribution in [2.75, 3.05) is 11.9 Å². The lowest BCUT2D eigenvalue weighted by Gasteiger charge is -2.08. The van der Waals surface area contributed by atoms with Gasteiger partial charge in [0.2, 0.25) is 0 Å². The summed E-state index contributed by atoms with van der Waals surface area (Å²) in [6, 6.07) is 5.43. The first-order chi connectivity index (χ1) is 11.8. The van der Waals surface area contributed by atoms with Gasteiger partial charge in [-0.25, -0.2) is 9.78 Å². The summed E-state index contributed by atoms with van der Waals surface area (Å²) in [5.74, 6) is -0.727. The van der Waals surface area contributed by atoms with Crippen LogP contribution in [0.4, 0.5) is 5.13 Å². The predicted octanol–water partition coefficient (Wildman–Crippen LogP) is 3.37. The lowest BCUT2D eigenvalue weighted by molar-refractivity contribution is 0.0531. The van der Waals surface area contributed by atoms with E-state index in [-0.39, 0.29) is 11.0 Å². The molecule has 0 saturated carbocycles. The van der Waals surface area contributed by atoms with Gasteiger partial charge in [-0.1, -0.05) is 17.4 Å². The summed E-state index contributed by atoms with van der Waals surface area (Å²) >= 11 is 6.28. The topological polar surface area (TPSA) is 80.3 Å². The Morgan fingerprint density at radius 3 is 2.60 bits per heavy atom. The Kier molecular flexibility index (Phi) is 6.22. The fraction of sp³-hybridized carbons (Fsp3) is 0.294. The summed E-state index contributed by atoms with van der Waals surface area (Å²) in [5, 5.41) is 5.97. The highest BCUT2D eigenvalue weighted by Crippen LogP contribution is 2.23. The summed E-state index contributed by atoms with van der Waals surface area (Å²) in [6.45, 7) is 7.67. The Morgan fingerprint density at radius 2 is 1.96 bits per heavy atom. The molecule has 0 spiro atoms. The van der Waals surface area contributed by atoms with Crippen LogP contribution in [-0.2, 0) is 4.74 Å². The number of ether oxygens (including phenoxy) is 1. The maximum absolute atomic E-state index is 12.2. The monoisotopic (exact) mass is 377 g/mol. The van der Waals surface area contributed by atoms with Gasteiger partial charge in [0, 0.05) is 5.56 Å². The maximum atomic E-state index is 12.2. The number of anilines is 1. The quantitative estimate of drug-likeness (QED) is 0.628. The number of benzene rings is 1. The second kappa shape index (κ2) is 8.17. The Hall–Kier alpha value is -2.32. The normalized spacial score (nSPS) is 10.2. The van der Waals surface area contributed by atoms with E-state index in [1.807, 2.05) is 19.9 Å². The molecule has 0 aliphatic heterocycles. The average Bonchev–Trinajstić information content (AvgIpc) is 2.90. The van der Waals surface area contributed by atoms with Gasteiger partial charge < -0.3 is 10.1 Å². The third kappa shape index (κ3) is 4.83. The van der Waals surface area contributed by atoms with Crippen molar-refractivity contribution in [3.05, 3.63) is 45.5 Å². The summed E-state index contributed by atoms with van der Waals surface area (Å²) in [4.78, 5) is 28.7. The molecular weight excluding hydrogens is 358 g/mol. The average molecular weight is 377 g/mol. The van der Waals surface area contributed by atoms with E-state index in [4.69, 9.17) is 17.0 Å². The highest BCUT2D eigenvalue weighted by molar-refractivity contribution is 7.80. The Morgan fingerprint density at radius 1 is 1.24 bits per heavy atom. The highest BCUT2D eigenvalue weighted by atomic mass is 32.1. The van der Waals surface area contributed by atoms with E-state index in [9.17, 15) is 9.59 Å². The van der Waals surface area contributed by atoms with Crippen molar-refractivity contribution in [2.45, 2.75) is 27.7 Å². The van der Waals surface area contributed by atoms with E-state index in [0.29, 0.717) is 27.9 Å². The van der Waals surface area contributed by atoms with Crippen LogP contribution in [0.1, 0.15) is 43.8 Å². The number of aromatic nitrogens is 1. The molecular formula is C17H19N3O3S2. The van der Waals surface area contributed by atoms with Crippen LogP contribution in [0.5, 0.6) is 0 Å². The van der Waals surface area contributed by atoms with E-state index in [1.165, 1.54) is 0 Å². The van der Waals surface area contributed by atoms with Gasteiger partial charge in [-0.05, 0) is 63.2 Å². The van der Waals surface area contributed by atoms with E-state index in [2.05, 4.69) is 15.6 Å². The standard InChI is InChI=1S/C17H19N3O3S2/c1-5-23-15(22)13-11(4)18-17(25-13)20-16(24)19-14(21)12-7-6-9(2)10(3)8-12/h6-8H,5H2,1-4H3,(H2,18,19,20,21,24). The number of amides is 1. The number of thiocarbonyl (C=S) groups is 1. The molecule has 0 radical (unpaired) electrons. The minimum Gasteiger partial charge on any atom is -0.462 e. The van der Waals surface area contributed by atoms with Gasteiger partial charge in [0.25, 0.3) is 5.91 Å². The molecule has 0 atom stereocenters. The molecule has 2 rings (SSSR count). The van der Waals surface area contributed by atoms with Crippen LogP contribution in [0.2, 0.25) is 0 Å². The molecule has 1 amide bonds. The number of carbonyl (C=O) groups excluding carboxylic acids is 2. The number of esters is 1. The first-order valence-corrected chi connectivity index (χ1v) is 8.88. The molecule has 2 N–H and O–H groups in total. The minimum atomic E-state index is -0.421. The maximum Gasteiger partial charge on any atom is 0.350 e. The fourth-order valence-electron chi connectivity index (χ4n) is 2.02. The van der Waals surface area contributed by atoms with Crippen molar-refractivity contribution in [3.8, 4) is 0 Å². The van der Waals surface area contributed by atoms with E-state index >= 15 is 0 Å². The van der Waals surface area contributed by atoms with Crippen molar-refractivity contribution in [1.82, 2.24) is 10.3 Å². The van der Waals surface area contributed by atoms with Gasteiger partial charge in [-0.2, -0.15) is 0 Å². The van der Waals surface area contributed by atoms with Gasteiger partial charge >= 0.3 is 5.97 Å². The van der Waals surface area contributed by atoms with Crippen molar-refractivity contribution in [3.63, 3.8) is 0 Å². The van der Waals surface area contributed by atoms with Crippen LogP contribution in [0.15, 0.2) is 18.2 Å². The highest BCUT2D eigenvalue weighted by Gasteiger charge is 2.17. The molecule has 0 aliphatic rings. The van der Waals surface area contributed by atoms with Crippen molar-refractivity contribution < 1.29 is 14.3 Å². The number of nitrogens with one attached hydrogen (secondary N) is 2. The van der Waals surface area contributed by atoms with Crippen LogP contribution in [0.25, 0.3) is 0 Å². The third-order valence-electron chi connectivity index (χ3n) is 3.47. The summed E-state index contributed by atoms with van der Waals surface area (Å²) < 4.78 is 4.97.